The third-order valence-corrected chi connectivity index (χ3v) is 4.81. The summed E-state index contributed by atoms with van der Waals surface area (Å²) in [4.78, 5) is 0. The molecule has 0 aliphatic heterocycles. The fourth-order valence-corrected chi connectivity index (χ4v) is 3.25. The van der Waals surface area contributed by atoms with Gasteiger partial charge in [0.05, 0.1) is 0 Å². The van der Waals surface area contributed by atoms with Crippen LogP contribution >= 0.6 is 23.2 Å². The highest BCUT2D eigenvalue weighted by atomic mass is 35.5. The molecule has 0 heterocycles. The Labute approximate surface area is 164 Å². The molecule has 0 aliphatic rings. The van der Waals surface area contributed by atoms with Crippen LogP contribution in [0.4, 0.5) is 5.69 Å². The lowest BCUT2D eigenvalue weighted by molar-refractivity contribution is 0.303. The molecule has 0 fully saturated rings. The van der Waals surface area contributed by atoms with Gasteiger partial charge in [-0.3, -0.25) is 0 Å². The number of aryl methyl sites for hydroxylation is 2. The molecule has 134 valence electrons. The maximum atomic E-state index is 6.23. The predicted molar refractivity (Wildman–Crippen MR) is 110 cm³/mol. The van der Waals surface area contributed by atoms with E-state index in [1.807, 2.05) is 30.3 Å². The molecule has 2 nitrogen and oxygen atoms in total. The van der Waals surface area contributed by atoms with Gasteiger partial charge in [0.25, 0.3) is 0 Å². The summed E-state index contributed by atoms with van der Waals surface area (Å²) in [6.07, 6.45) is 0. The summed E-state index contributed by atoms with van der Waals surface area (Å²) in [6, 6.07) is 19.9. The molecule has 0 bridgehead atoms. The molecule has 0 radical (unpaired) electrons. The number of hydrogen-bond acceptors (Lipinski definition) is 2. The van der Waals surface area contributed by atoms with E-state index in [0.717, 1.165) is 22.6 Å². The van der Waals surface area contributed by atoms with Gasteiger partial charge in [-0.15, -0.1) is 0 Å². The van der Waals surface area contributed by atoms with Crippen LogP contribution in [0, 0.1) is 13.8 Å². The lowest BCUT2D eigenvalue weighted by Crippen LogP contribution is -2.05. The van der Waals surface area contributed by atoms with Gasteiger partial charge >= 0.3 is 0 Å². The summed E-state index contributed by atoms with van der Waals surface area (Å²) < 4.78 is 6.01. The molecule has 0 saturated heterocycles. The van der Waals surface area contributed by atoms with Crippen molar-refractivity contribution >= 4 is 28.9 Å². The van der Waals surface area contributed by atoms with Crippen molar-refractivity contribution in [3.05, 3.63) is 93.0 Å². The number of halogens is 2. The van der Waals surface area contributed by atoms with E-state index in [0.29, 0.717) is 23.2 Å². The lowest BCUT2D eigenvalue weighted by Gasteiger charge is -2.15. The van der Waals surface area contributed by atoms with E-state index >= 15 is 0 Å². The van der Waals surface area contributed by atoms with Gasteiger partial charge in [-0.05, 0) is 43.7 Å². The number of hydrogen-bond donors (Lipinski definition) is 1. The Balaban J connectivity index is 1.69. The van der Waals surface area contributed by atoms with E-state index in [1.165, 1.54) is 11.1 Å². The minimum Gasteiger partial charge on any atom is -0.488 e. The van der Waals surface area contributed by atoms with Gasteiger partial charge in [0.2, 0.25) is 0 Å². The Kier molecular flexibility index (Phi) is 6.08. The molecule has 1 N–H and O–H groups in total. The first kappa shape index (κ1) is 18.6. The molecule has 3 rings (SSSR count). The van der Waals surface area contributed by atoms with E-state index in [2.05, 4.69) is 43.4 Å². The standard InChI is InChI=1S/C22H21Cl2NO/c1-15-7-10-21(16(2)11-15)25-13-17-5-3-4-6-22(17)26-14-18-8-9-19(23)12-20(18)24/h3-12,25H,13-14H2,1-2H3. The molecular formula is C22H21Cl2NO. The topological polar surface area (TPSA) is 21.3 Å². The molecule has 0 aliphatic carbocycles. The van der Waals surface area contributed by atoms with Crippen LogP contribution in [0.5, 0.6) is 5.75 Å². The highest BCUT2D eigenvalue weighted by Gasteiger charge is 2.07. The molecule has 3 aromatic rings. The van der Waals surface area contributed by atoms with Crippen LogP contribution in [0.2, 0.25) is 10.0 Å². The predicted octanol–water partition coefficient (Wildman–Crippen LogP) is 6.80. The highest BCUT2D eigenvalue weighted by Crippen LogP contribution is 2.25. The molecule has 0 spiro atoms. The van der Waals surface area contributed by atoms with Crippen LogP contribution in [0.15, 0.2) is 60.7 Å². The Morgan fingerprint density at radius 1 is 0.885 bits per heavy atom. The van der Waals surface area contributed by atoms with E-state index in [1.54, 1.807) is 6.07 Å². The zero-order chi connectivity index (χ0) is 18.5. The highest BCUT2D eigenvalue weighted by molar-refractivity contribution is 6.35. The Bertz CT molecular complexity index is 834. The van der Waals surface area contributed by atoms with Gasteiger partial charge in [-0.2, -0.15) is 0 Å². The Morgan fingerprint density at radius 3 is 2.46 bits per heavy atom. The molecule has 4 heteroatoms. The van der Waals surface area contributed by atoms with Crippen LogP contribution in [-0.2, 0) is 13.2 Å². The SMILES string of the molecule is Cc1ccc(NCc2ccccc2OCc2ccc(Cl)cc2Cl)c(C)c1. The third-order valence-electron chi connectivity index (χ3n) is 4.22. The van der Waals surface area contributed by atoms with E-state index in [4.69, 9.17) is 27.9 Å². The normalized spacial score (nSPS) is 10.6. The average Bonchev–Trinajstić information content (AvgIpc) is 2.61. The van der Waals surface area contributed by atoms with Crippen molar-refractivity contribution in [2.45, 2.75) is 27.0 Å². The zero-order valence-electron chi connectivity index (χ0n) is 14.9. The quantitative estimate of drug-likeness (QED) is 0.503. The smallest absolute Gasteiger partial charge is 0.124 e. The van der Waals surface area contributed by atoms with Crippen molar-refractivity contribution in [1.82, 2.24) is 0 Å². The maximum Gasteiger partial charge on any atom is 0.124 e. The van der Waals surface area contributed by atoms with Gasteiger partial charge in [-0.1, -0.05) is 65.2 Å². The van der Waals surface area contributed by atoms with Crippen LogP contribution in [0.1, 0.15) is 22.3 Å². The molecule has 0 atom stereocenters. The van der Waals surface area contributed by atoms with Crippen molar-refractivity contribution in [2.75, 3.05) is 5.32 Å². The largest absolute Gasteiger partial charge is 0.488 e. The molecule has 0 unspecified atom stereocenters. The van der Waals surface area contributed by atoms with Gasteiger partial charge in [0, 0.05) is 33.4 Å². The Hall–Kier alpha value is -2.16. The second-order valence-corrected chi connectivity index (χ2v) is 7.15. The summed E-state index contributed by atoms with van der Waals surface area (Å²) >= 11 is 12.2. The van der Waals surface area contributed by atoms with E-state index < -0.39 is 0 Å². The van der Waals surface area contributed by atoms with Crippen molar-refractivity contribution in [3.63, 3.8) is 0 Å². The van der Waals surface area contributed by atoms with E-state index in [-0.39, 0.29) is 0 Å². The number of benzene rings is 3. The molecule has 0 amide bonds. The average molecular weight is 386 g/mol. The molecule has 0 saturated carbocycles. The van der Waals surface area contributed by atoms with Gasteiger partial charge < -0.3 is 10.1 Å². The van der Waals surface area contributed by atoms with Crippen LogP contribution < -0.4 is 10.1 Å². The molecule has 26 heavy (non-hydrogen) atoms. The summed E-state index contributed by atoms with van der Waals surface area (Å²) in [6.45, 7) is 5.30. The van der Waals surface area contributed by atoms with Crippen molar-refractivity contribution in [3.8, 4) is 5.75 Å². The van der Waals surface area contributed by atoms with E-state index in [9.17, 15) is 0 Å². The number of rotatable bonds is 6. The molecular weight excluding hydrogens is 365 g/mol. The van der Waals surface area contributed by atoms with Crippen LogP contribution in [-0.4, -0.2) is 0 Å². The first-order valence-electron chi connectivity index (χ1n) is 8.48. The molecule has 3 aromatic carbocycles. The van der Waals surface area contributed by atoms with Crippen LogP contribution in [0.25, 0.3) is 0 Å². The summed E-state index contributed by atoms with van der Waals surface area (Å²) in [7, 11) is 0. The number of para-hydroxylation sites is 1. The minimum absolute atomic E-state index is 0.399. The number of ether oxygens (including phenoxy) is 1. The number of nitrogens with one attached hydrogen (secondary N) is 1. The molecule has 0 aromatic heterocycles. The Morgan fingerprint density at radius 2 is 1.69 bits per heavy atom. The van der Waals surface area contributed by atoms with Gasteiger partial charge in [0.15, 0.2) is 0 Å². The zero-order valence-corrected chi connectivity index (χ0v) is 16.4. The maximum absolute atomic E-state index is 6.23. The minimum atomic E-state index is 0.399. The summed E-state index contributed by atoms with van der Waals surface area (Å²) in [5.74, 6) is 0.843. The lowest BCUT2D eigenvalue weighted by atomic mass is 10.1. The van der Waals surface area contributed by atoms with Gasteiger partial charge in [-0.25, -0.2) is 0 Å². The second-order valence-electron chi connectivity index (χ2n) is 6.30. The van der Waals surface area contributed by atoms with Crippen molar-refractivity contribution in [1.29, 1.82) is 0 Å². The fraction of sp³-hybridized carbons (Fsp3) is 0.182. The summed E-state index contributed by atoms with van der Waals surface area (Å²) in [5, 5.41) is 4.73. The number of anilines is 1. The first-order valence-corrected chi connectivity index (χ1v) is 9.24. The van der Waals surface area contributed by atoms with Crippen molar-refractivity contribution in [2.24, 2.45) is 0 Å². The van der Waals surface area contributed by atoms with Crippen LogP contribution in [0.3, 0.4) is 0 Å². The summed E-state index contributed by atoms with van der Waals surface area (Å²) in [5.41, 5.74) is 5.63. The fourth-order valence-electron chi connectivity index (χ4n) is 2.79. The van der Waals surface area contributed by atoms with Gasteiger partial charge in [0.1, 0.15) is 12.4 Å². The first-order chi connectivity index (χ1) is 12.5. The second kappa shape index (κ2) is 8.48. The van der Waals surface area contributed by atoms with Crippen molar-refractivity contribution < 1.29 is 4.74 Å². The third kappa shape index (κ3) is 4.72. The monoisotopic (exact) mass is 385 g/mol.